The topological polar surface area (TPSA) is 85.2 Å². The number of rotatable bonds is 5. The lowest BCUT2D eigenvalue weighted by molar-refractivity contribution is 0.0853. The van der Waals surface area contributed by atoms with Crippen molar-refractivity contribution in [2.75, 3.05) is 18.5 Å². The van der Waals surface area contributed by atoms with Gasteiger partial charge in [-0.1, -0.05) is 12.1 Å². The van der Waals surface area contributed by atoms with Crippen LogP contribution in [0.3, 0.4) is 0 Å². The first-order valence-electron chi connectivity index (χ1n) is 9.68. The highest BCUT2D eigenvalue weighted by atomic mass is 19.1. The average Bonchev–Trinajstić information content (AvgIpc) is 3.36. The molecule has 2 amide bonds. The van der Waals surface area contributed by atoms with Crippen LogP contribution in [0.2, 0.25) is 0 Å². The summed E-state index contributed by atoms with van der Waals surface area (Å²) in [6.45, 7) is 1.77. The molecule has 1 unspecified atom stereocenters. The number of ether oxygens (including phenoxy) is 1. The minimum Gasteiger partial charge on any atom is -0.376 e. The number of halogens is 1. The molecule has 0 aliphatic carbocycles. The van der Waals surface area contributed by atoms with Gasteiger partial charge in [0.15, 0.2) is 5.82 Å². The second-order valence-electron chi connectivity index (χ2n) is 7.12. The van der Waals surface area contributed by atoms with E-state index in [1.807, 2.05) is 0 Å². The van der Waals surface area contributed by atoms with E-state index in [-0.39, 0.29) is 29.2 Å². The van der Waals surface area contributed by atoms with Gasteiger partial charge in [-0.15, -0.1) is 0 Å². The maximum Gasteiger partial charge on any atom is 0.291 e. The zero-order valence-corrected chi connectivity index (χ0v) is 15.5. The van der Waals surface area contributed by atoms with Gasteiger partial charge in [0.25, 0.3) is 11.8 Å². The van der Waals surface area contributed by atoms with Crippen molar-refractivity contribution in [3.05, 3.63) is 47.3 Å². The van der Waals surface area contributed by atoms with Gasteiger partial charge in [-0.3, -0.25) is 9.59 Å². The summed E-state index contributed by atoms with van der Waals surface area (Å²) in [4.78, 5) is 29.8. The number of carbonyl (C=O) groups excluding carboxylic acids is 2. The van der Waals surface area contributed by atoms with Crippen molar-refractivity contribution in [3.8, 4) is 0 Å². The third kappa shape index (κ3) is 3.77. The number of fused-ring (bicyclic) bond motifs is 1. The fourth-order valence-electron chi connectivity index (χ4n) is 3.73. The Bertz CT molecular complexity index is 890. The Morgan fingerprint density at radius 1 is 1.21 bits per heavy atom. The van der Waals surface area contributed by atoms with Gasteiger partial charge in [-0.25, -0.2) is 9.37 Å². The molecule has 1 aromatic carbocycles. The minimum atomic E-state index is -0.522. The molecule has 28 heavy (non-hydrogen) atoms. The van der Waals surface area contributed by atoms with Crippen molar-refractivity contribution in [1.82, 2.24) is 14.9 Å². The Morgan fingerprint density at radius 2 is 2.07 bits per heavy atom. The molecule has 2 aliphatic heterocycles. The average molecular weight is 386 g/mol. The first kappa shape index (κ1) is 18.6. The molecule has 1 saturated heterocycles. The molecule has 0 radical (unpaired) electrons. The highest BCUT2D eigenvalue weighted by Gasteiger charge is 2.28. The molecule has 4 rings (SSSR count). The Labute approximate surface area is 162 Å². The number of carbonyl (C=O) groups is 2. The van der Waals surface area contributed by atoms with E-state index in [2.05, 4.69) is 15.6 Å². The number of nitrogens with one attached hydrogen (secondary N) is 2. The van der Waals surface area contributed by atoms with Gasteiger partial charge in [0.1, 0.15) is 11.5 Å². The van der Waals surface area contributed by atoms with Crippen molar-refractivity contribution in [2.24, 2.45) is 0 Å². The maximum absolute atomic E-state index is 13.9. The van der Waals surface area contributed by atoms with E-state index in [0.717, 1.165) is 38.0 Å². The van der Waals surface area contributed by atoms with Crippen molar-refractivity contribution in [3.63, 3.8) is 0 Å². The van der Waals surface area contributed by atoms with E-state index < -0.39 is 11.7 Å². The highest BCUT2D eigenvalue weighted by Crippen LogP contribution is 2.23. The molecule has 0 saturated carbocycles. The molecule has 2 aromatic rings. The summed E-state index contributed by atoms with van der Waals surface area (Å²) < 4.78 is 21.2. The van der Waals surface area contributed by atoms with Crippen LogP contribution >= 0.6 is 0 Å². The van der Waals surface area contributed by atoms with Gasteiger partial charge in [0.2, 0.25) is 0 Å². The number of hydrogen-bond donors (Lipinski definition) is 2. The molecule has 2 N–H and O–H groups in total. The summed E-state index contributed by atoms with van der Waals surface area (Å²) in [6.07, 6.45) is 4.49. The molecular formula is C20H23FN4O3. The molecule has 0 bridgehead atoms. The number of imidazole rings is 1. The van der Waals surface area contributed by atoms with Crippen LogP contribution in [0.15, 0.2) is 24.3 Å². The number of para-hydroxylation sites is 1. The lowest BCUT2D eigenvalue weighted by atomic mass is 10.1. The Kier molecular flexibility index (Phi) is 5.38. The van der Waals surface area contributed by atoms with Gasteiger partial charge >= 0.3 is 0 Å². The smallest absolute Gasteiger partial charge is 0.291 e. The predicted molar refractivity (Wildman–Crippen MR) is 101 cm³/mol. The molecule has 1 atom stereocenters. The fraction of sp³-hybridized carbons (Fsp3) is 0.450. The summed E-state index contributed by atoms with van der Waals surface area (Å²) >= 11 is 0. The van der Waals surface area contributed by atoms with E-state index in [1.54, 1.807) is 16.7 Å². The zero-order chi connectivity index (χ0) is 19.5. The normalized spacial score (nSPS) is 18.5. The maximum atomic E-state index is 13.9. The number of hydrogen-bond acceptors (Lipinski definition) is 4. The summed E-state index contributed by atoms with van der Waals surface area (Å²) in [5.41, 5.74) is 1.12. The number of nitrogens with zero attached hydrogens (tertiary/aromatic N) is 2. The fourth-order valence-corrected chi connectivity index (χ4v) is 3.73. The standard InChI is InChI=1S/C20H23FN4O3/c21-14-7-1-2-8-15(14)23-20(27)18-24-17(16-9-3-4-10-25(16)18)19(26)22-12-13-6-5-11-28-13/h1-2,7-8,13H,3-6,9-12H2,(H,22,26)(H,23,27). The van der Waals surface area contributed by atoms with E-state index in [0.29, 0.717) is 19.5 Å². The summed E-state index contributed by atoms with van der Waals surface area (Å²) in [6, 6.07) is 5.96. The monoisotopic (exact) mass is 386 g/mol. The summed E-state index contributed by atoms with van der Waals surface area (Å²) in [5, 5.41) is 5.43. The van der Waals surface area contributed by atoms with Crippen LogP contribution in [0.25, 0.3) is 0 Å². The second kappa shape index (κ2) is 8.10. The second-order valence-corrected chi connectivity index (χ2v) is 7.12. The number of aromatic nitrogens is 2. The van der Waals surface area contributed by atoms with Gasteiger partial charge in [-0.2, -0.15) is 0 Å². The predicted octanol–water partition coefficient (Wildman–Crippen LogP) is 2.52. The molecule has 7 nitrogen and oxygen atoms in total. The van der Waals surface area contributed by atoms with Gasteiger partial charge in [0, 0.05) is 19.7 Å². The molecule has 8 heteroatoms. The number of anilines is 1. The van der Waals surface area contributed by atoms with Crippen LogP contribution in [-0.4, -0.2) is 40.6 Å². The minimum absolute atomic E-state index is 0.0335. The number of amides is 2. The molecular weight excluding hydrogens is 363 g/mol. The van der Waals surface area contributed by atoms with Crippen molar-refractivity contribution >= 4 is 17.5 Å². The largest absolute Gasteiger partial charge is 0.376 e. The molecule has 1 aromatic heterocycles. The molecule has 0 spiro atoms. The third-order valence-corrected chi connectivity index (χ3v) is 5.17. The molecule has 2 aliphatic rings. The Balaban J connectivity index is 1.55. The molecule has 148 valence electrons. The van der Waals surface area contributed by atoms with E-state index in [9.17, 15) is 14.0 Å². The summed E-state index contributed by atoms with van der Waals surface area (Å²) in [5.74, 6) is -1.20. The van der Waals surface area contributed by atoms with Crippen molar-refractivity contribution < 1.29 is 18.7 Å². The van der Waals surface area contributed by atoms with Gasteiger partial charge in [-0.05, 0) is 44.2 Å². The SMILES string of the molecule is O=C(NCC1CCCO1)c1nc(C(=O)Nc2ccccc2F)n2c1CCCC2. The van der Waals surface area contributed by atoms with Crippen LogP contribution in [0, 0.1) is 5.82 Å². The van der Waals surface area contributed by atoms with Gasteiger partial charge < -0.3 is 19.9 Å². The zero-order valence-electron chi connectivity index (χ0n) is 15.5. The highest BCUT2D eigenvalue weighted by molar-refractivity contribution is 6.03. The lowest BCUT2D eigenvalue weighted by Crippen LogP contribution is -2.32. The quantitative estimate of drug-likeness (QED) is 0.827. The van der Waals surface area contributed by atoms with E-state index >= 15 is 0 Å². The van der Waals surface area contributed by atoms with E-state index in [4.69, 9.17) is 4.74 Å². The van der Waals surface area contributed by atoms with Crippen LogP contribution < -0.4 is 10.6 Å². The van der Waals surface area contributed by atoms with Crippen molar-refractivity contribution in [2.45, 2.75) is 44.8 Å². The van der Waals surface area contributed by atoms with Gasteiger partial charge in [0.05, 0.1) is 17.5 Å². The molecule has 1 fully saturated rings. The van der Waals surface area contributed by atoms with E-state index in [1.165, 1.54) is 12.1 Å². The third-order valence-electron chi connectivity index (χ3n) is 5.17. The van der Waals surface area contributed by atoms with Crippen LogP contribution in [0.4, 0.5) is 10.1 Å². The Morgan fingerprint density at radius 3 is 2.86 bits per heavy atom. The Hall–Kier alpha value is -2.74. The summed E-state index contributed by atoms with van der Waals surface area (Å²) in [7, 11) is 0. The van der Waals surface area contributed by atoms with Crippen LogP contribution in [-0.2, 0) is 17.7 Å². The van der Waals surface area contributed by atoms with Crippen LogP contribution in [0.5, 0.6) is 0 Å². The number of benzene rings is 1. The first-order chi connectivity index (χ1) is 13.6. The van der Waals surface area contributed by atoms with Crippen molar-refractivity contribution in [1.29, 1.82) is 0 Å². The lowest BCUT2D eigenvalue weighted by Gasteiger charge is -2.17. The first-order valence-corrected chi connectivity index (χ1v) is 9.68. The molecule has 3 heterocycles. The van der Waals surface area contributed by atoms with Crippen LogP contribution in [0.1, 0.15) is 52.5 Å².